The van der Waals surface area contributed by atoms with Crippen LogP contribution < -0.4 is 10.2 Å². The van der Waals surface area contributed by atoms with E-state index in [-0.39, 0.29) is 27.6 Å². The van der Waals surface area contributed by atoms with Crippen molar-refractivity contribution in [2.24, 2.45) is 0 Å². The Bertz CT molecular complexity index is 854. The first-order valence-electron chi connectivity index (χ1n) is 8.16. The second-order valence-corrected chi connectivity index (χ2v) is 7.18. The number of carbonyl (C=O) groups excluding carboxylic acids is 1. The van der Waals surface area contributed by atoms with E-state index in [2.05, 4.69) is 12.2 Å². The number of anilines is 2. The molecule has 0 aromatic heterocycles. The molecule has 2 aromatic rings. The maximum atomic E-state index is 13.9. The third-order valence-corrected chi connectivity index (χ3v) is 5.25. The SMILES string of the molecule is CCC1CN(C(=O)c2cc(F)c(Cl)cc2Cl)c2cc(C)c(C)cc2N1. The Kier molecular flexibility index (Phi) is 4.94. The van der Waals surface area contributed by atoms with Gasteiger partial charge in [0, 0.05) is 12.6 Å². The van der Waals surface area contributed by atoms with E-state index >= 15 is 0 Å². The predicted octanol–water partition coefficient (Wildman–Crippen LogP) is 5.60. The van der Waals surface area contributed by atoms with Crippen molar-refractivity contribution in [2.45, 2.75) is 33.2 Å². The van der Waals surface area contributed by atoms with Crippen LogP contribution in [0.3, 0.4) is 0 Å². The van der Waals surface area contributed by atoms with Crippen LogP contribution in [0.15, 0.2) is 24.3 Å². The number of rotatable bonds is 2. The number of amides is 1. The van der Waals surface area contributed by atoms with Gasteiger partial charge in [-0.3, -0.25) is 4.79 Å². The molecule has 1 amide bonds. The highest BCUT2D eigenvalue weighted by atomic mass is 35.5. The van der Waals surface area contributed by atoms with Gasteiger partial charge in [-0.1, -0.05) is 30.1 Å². The molecule has 0 saturated carbocycles. The summed E-state index contributed by atoms with van der Waals surface area (Å²) in [6.07, 6.45) is 0.860. The second-order valence-electron chi connectivity index (χ2n) is 6.37. The van der Waals surface area contributed by atoms with Crippen LogP contribution in [-0.4, -0.2) is 18.5 Å². The van der Waals surface area contributed by atoms with Gasteiger partial charge in [-0.05, 0) is 55.7 Å². The van der Waals surface area contributed by atoms with Crippen LogP contribution in [0.4, 0.5) is 15.8 Å². The molecule has 132 valence electrons. The fraction of sp³-hybridized carbons (Fsp3) is 0.316. The zero-order valence-electron chi connectivity index (χ0n) is 14.3. The van der Waals surface area contributed by atoms with E-state index in [1.807, 2.05) is 26.0 Å². The van der Waals surface area contributed by atoms with Gasteiger partial charge >= 0.3 is 0 Å². The van der Waals surface area contributed by atoms with Gasteiger partial charge in [-0.25, -0.2) is 4.39 Å². The van der Waals surface area contributed by atoms with Gasteiger partial charge in [0.15, 0.2) is 0 Å². The third kappa shape index (κ3) is 3.33. The topological polar surface area (TPSA) is 32.3 Å². The Labute approximate surface area is 156 Å². The average Bonchev–Trinajstić information content (AvgIpc) is 2.57. The first kappa shape index (κ1) is 18.0. The normalized spacial score (nSPS) is 16.4. The van der Waals surface area contributed by atoms with Gasteiger partial charge in [0.25, 0.3) is 5.91 Å². The molecule has 0 radical (unpaired) electrons. The molecule has 1 atom stereocenters. The smallest absolute Gasteiger partial charge is 0.260 e. The number of nitrogens with one attached hydrogen (secondary N) is 1. The molecule has 6 heteroatoms. The molecule has 3 nitrogen and oxygen atoms in total. The van der Waals surface area contributed by atoms with E-state index < -0.39 is 5.82 Å². The lowest BCUT2D eigenvalue weighted by Crippen LogP contribution is -2.44. The van der Waals surface area contributed by atoms with E-state index in [9.17, 15) is 9.18 Å². The zero-order valence-corrected chi connectivity index (χ0v) is 15.8. The van der Waals surface area contributed by atoms with Crippen LogP contribution in [-0.2, 0) is 0 Å². The van der Waals surface area contributed by atoms with Crippen LogP contribution in [0.5, 0.6) is 0 Å². The number of nitrogens with zero attached hydrogens (tertiary/aromatic N) is 1. The fourth-order valence-electron chi connectivity index (χ4n) is 2.98. The fourth-order valence-corrected chi connectivity index (χ4v) is 3.44. The van der Waals surface area contributed by atoms with Crippen LogP contribution >= 0.6 is 23.2 Å². The molecular formula is C19H19Cl2FN2O. The van der Waals surface area contributed by atoms with Crippen molar-refractivity contribution in [3.05, 3.63) is 56.8 Å². The highest BCUT2D eigenvalue weighted by Crippen LogP contribution is 2.36. The van der Waals surface area contributed by atoms with E-state index in [4.69, 9.17) is 23.2 Å². The van der Waals surface area contributed by atoms with Gasteiger partial charge in [-0.15, -0.1) is 0 Å². The summed E-state index contributed by atoms with van der Waals surface area (Å²) in [5.74, 6) is -0.984. The highest BCUT2D eigenvalue weighted by Gasteiger charge is 2.30. The standard InChI is InChI=1S/C19H19Cl2FN2O/c1-4-12-9-24(18-6-11(3)10(2)5-17(18)23-12)19(25)13-7-16(22)15(21)8-14(13)20/h5-8,12,23H,4,9H2,1-3H3. The van der Waals surface area contributed by atoms with Crippen LogP contribution in [0, 0.1) is 19.7 Å². The van der Waals surface area contributed by atoms with Gasteiger partial charge in [0.05, 0.1) is 27.0 Å². The zero-order chi connectivity index (χ0) is 18.3. The lowest BCUT2D eigenvalue weighted by Gasteiger charge is -2.36. The Hall–Kier alpha value is -1.78. The summed E-state index contributed by atoms with van der Waals surface area (Å²) < 4.78 is 13.9. The minimum atomic E-state index is -0.656. The van der Waals surface area contributed by atoms with Gasteiger partial charge in [0.1, 0.15) is 5.82 Å². The van der Waals surface area contributed by atoms with Crippen LogP contribution in [0.25, 0.3) is 0 Å². The van der Waals surface area contributed by atoms with Crippen molar-refractivity contribution in [3.63, 3.8) is 0 Å². The van der Waals surface area contributed by atoms with Crippen molar-refractivity contribution < 1.29 is 9.18 Å². The minimum absolute atomic E-state index is 0.0971. The van der Waals surface area contributed by atoms with Gasteiger partial charge in [0.2, 0.25) is 0 Å². The van der Waals surface area contributed by atoms with E-state index in [0.717, 1.165) is 35.0 Å². The molecule has 1 aliphatic heterocycles. The summed E-state index contributed by atoms with van der Waals surface area (Å²) in [6.45, 7) is 6.58. The monoisotopic (exact) mass is 380 g/mol. The van der Waals surface area contributed by atoms with E-state index in [1.165, 1.54) is 6.07 Å². The lowest BCUT2D eigenvalue weighted by atomic mass is 10.0. The number of hydrogen-bond donors (Lipinski definition) is 1. The van der Waals surface area contributed by atoms with E-state index in [1.54, 1.807) is 4.90 Å². The molecule has 1 N–H and O–H groups in total. The third-order valence-electron chi connectivity index (χ3n) is 4.64. The van der Waals surface area contributed by atoms with Crippen molar-refractivity contribution in [3.8, 4) is 0 Å². The maximum absolute atomic E-state index is 13.9. The Morgan fingerprint density at radius 1 is 1.20 bits per heavy atom. The molecule has 1 aliphatic rings. The second kappa shape index (κ2) is 6.85. The minimum Gasteiger partial charge on any atom is -0.379 e. The number of halogens is 3. The van der Waals surface area contributed by atoms with E-state index in [0.29, 0.717) is 6.54 Å². The summed E-state index contributed by atoms with van der Waals surface area (Å²) >= 11 is 11.9. The summed E-state index contributed by atoms with van der Waals surface area (Å²) in [4.78, 5) is 14.8. The Balaban J connectivity index is 2.09. The van der Waals surface area contributed by atoms with Gasteiger partial charge < -0.3 is 10.2 Å². The number of hydrogen-bond acceptors (Lipinski definition) is 2. The Morgan fingerprint density at radius 2 is 1.88 bits per heavy atom. The molecule has 0 bridgehead atoms. The largest absolute Gasteiger partial charge is 0.379 e. The number of aryl methyl sites for hydroxylation is 2. The van der Waals surface area contributed by atoms with Crippen LogP contribution in [0.2, 0.25) is 10.0 Å². The molecule has 2 aromatic carbocycles. The summed E-state index contributed by atoms with van der Waals surface area (Å²) in [6, 6.07) is 6.51. The van der Waals surface area contributed by atoms with Crippen molar-refractivity contribution in [2.75, 3.05) is 16.8 Å². The number of benzene rings is 2. The Morgan fingerprint density at radius 3 is 2.56 bits per heavy atom. The summed E-state index contributed by atoms with van der Waals surface area (Å²) in [7, 11) is 0. The first-order valence-corrected chi connectivity index (χ1v) is 8.91. The lowest BCUT2D eigenvalue weighted by molar-refractivity contribution is 0.0984. The number of fused-ring (bicyclic) bond motifs is 1. The average molecular weight is 381 g/mol. The quantitative estimate of drug-likeness (QED) is 0.687. The summed E-state index contributed by atoms with van der Waals surface area (Å²) in [5.41, 5.74) is 4.03. The van der Waals surface area contributed by atoms with Crippen molar-refractivity contribution in [1.29, 1.82) is 0 Å². The molecular weight excluding hydrogens is 362 g/mol. The van der Waals surface area contributed by atoms with Gasteiger partial charge in [-0.2, -0.15) is 0 Å². The molecule has 0 saturated heterocycles. The molecule has 1 unspecified atom stereocenters. The predicted molar refractivity (Wildman–Crippen MR) is 102 cm³/mol. The van der Waals surface area contributed by atoms with Crippen LogP contribution in [0.1, 0.15) is 34.8 Å². The molecule has 1 heterocycles. The first-order chi connectivity index (χ1) is 11.8. The summed E-state index contributed by atoms with van der Waals surface area (Å²) in [5, 5.41) is 3.51. The maximum Gasteiger partial charge on any atom is 0.260 e. The molecule has 0 spiro atoms. The molecule has 0 fully saturated rings. The van der Waals surface area contributed by atoms with Crippen molar-refractivity contribution in [1.82, 2.24) is 0 Å². The highest BCUT2D eigenvalue weighted by molar-refractivity contribution is 6.37. The molecule has 25 heavy (non-hydrogen) atoms. The number of carbonyl (C=O) groups is 1. The molecule has 0 aliphatic carbocycles. The van der Waals surface area contributed by atoms with Crippen molar-refractivity contribution >= 4 is 40.5 Å². The molecule has 3 rings (SSSR count).